The summed E-state index contributed by atoms with van der Waals surface area (Å²) in [6.07, 6.45) is 4.93. The standard InChI is InChI=1S/C11H16FN3O/c1-2-3-4-9(13)11(16)15-10-5-6-14-7-8(10)12/h5-7,9H,2-4,13H2,1H3,(H,14,15,16). The number of amides is 1. The molecule has 0 aliphatic heterocycles. The number of halogens is 1. The largest absolute Gasteiger partial charge is 0.322 e. The number of carbonyl (C=O) groups is 1. The summed E-state index contributed by atoms with van der Waals surface area (Å²) in [5.41, 5.74) is 5.77. The molecule has 0 aliphatic carbocycles. The van der Waals surface area contributed by atoms with E-state index in [-0.39, 0.29) is 11.6 Å². The van der Waals surface area contributed by atoms with E-state index in [4.69, 9.17) is 5.73 Å². The lowest BCUT2D eigenvalue weighted by Crippen LogP contribution is -2.35. The summed E-state index contributed by atoms with van der Waals surface area (Å²) in [4.78, 5) is 15.1. The van der Waals surface area contributed by atoms with Crippen LogP contribution in [0.3, 0.4) is 0 Å². The van der Waals surface area contributed by atoms with E-state index >= 15 is 0 Å². The van der Waals surface area contributed by atoms with Crippen molar-refractivity contribution in [2.24, 2.45) is 5.73 Å². The zero-order valence-corrected chi connectivity index (χ0v) is 9.24. The lowest BCUT2D eigenvalue weighted by molar-refractivity contribution is -0.117. The van der Waals surface area contributed by atoms with Crippen LogP contribution in [0.4, 0.5) is 10.1 Å². The number of nitrogens with one attached hydrogen (secondary N) is 1. The second-order valence-corrected chi connectivity index (χ2v) is 3.59. The van der Waals surface area contributed by atoms with Crippen LogP contribution in [0.5, 0.6) is 0 Å². The van der Waals surface area contributed by atoms with Crippen molar-refractivity contribution in [1.29, 1.82) is 0 Å². The molecule has 1 unspecified atom stereocenters. The fourth-order valence-corrected chi connectivity index (χ4v) is 1.26. The van der Waals surface area contributed by atoms with Crippen LogP contribution < -0.4 is 11.1 Å². The lowest BCUT2D eigenvalue weighted by atomic mass is 10.1. The first-order valence-corrected chi connectivity index (χ1v) is 5.31. The molecule has 3 N–H and O–H groups in total. The summed E-state index contributed by atoms with van der Waals surface area (Å²) in [6.45, 7) is 2.02. The fourth-order valence-electron chi connectivity index (χ4n) is 1.26. The van der Waals surface area contributed by atoms with E-state index in [0.29, 0.717) is 6.42 Å². The molecule has 1 aromatic heterocycles. The van der Waals surface area contributed by atoms with Crippen molar-refractivity contribution < 1.29 is 9.18 Å². The van der Waals surface area contributed by atoms with Crippen LogP contribution in [0.15, 0.2) is 18.5 Å². The predicted molar refractivity (Wildman–Crippen MR) is 60.3 cm³/mol. The fraction of sp³-hybridized carbons (Fsp3) is 0.455. The molecule has 1 rings (SSSR count). The highest BCUT2D eigenvalue weighted by Gasteiger charge is 2.14. The molecule has 0 saturated carbocycles. The molecule has 0 bridgehead atoms. The lowest BCUT2D eigenvalue weighted by Gasteiger charge is -2.11. The van der Waals surface area contributed by atoms with Gasteiger partial charge in [0.05, 0.1) is 17.9 Å². The number of hydrogen-bond donors (Lipinski definition) is 2. The maximum Gasteiger partial charge on any atom is 0.241 e. The van der Waals surface area contributed by atoms with Crippen molar-refractivity contribution in [2.45, 2.75) is 32.2 Å². The molecule has 0 aliphatic rings. The van der Waals surface area contributed by atoms with Crippen LogP contribution in [-0.2, 0) is 4.79 Å². The molecule has 16 heavy (non-hydrogen) atoms. The Balaban J connectivity index is 2.54. The van der Waals surface area contributed by atoms with Gasteiger partial charge in [-0.25, -0.2) is 4.39 Å². The molecule has 0 spiro atoms. The average Bonchev–Trinajstić information content (AvgIpc) is 2.28. The second-order valence-electron chi connectivity index (χ2n) is 3.59. The van der Waals surface area contributed by atoms with Gasteiger partial charge in [-0.05, 0) is 12.5 Å². The van der Waals surface area contributed by atoms with Gasteiger partial charge < -0.3 is 11.1 Å². The van der Waals surface area contributed by atoms with E-state index in [1.165, 1.54) is 12.3 Å². The van der Waals surface area contributed by atoms with Gasteiger partial charge in [0.1, 0.15) is 0 Å². The van der Waals surface area contributed by atoms with Crippen molar-refractivity contribution in [1.82, 2.24) is 4.98 Å². The molecule has 0 radical (unpaired) electrons. The van der Waals surface area contributed by atoms with Gasteiger partial charge in [-0.2, -0.15) is 0 Å². The van der Waals surface area contributed by atoms with E-state index in [9.17, 15) is 9.18 Å². The number of aromatic nitrogens is 1. The number of pyridine rings is 1. The number of anilines is 1. The van der Waals surface area contributed by atoms with Gasteiger partial charge in [-0.1, -0.05) is 19.8 Å². The number of hydrogen-bond acceptors (Lipinski definition) is 3. The van der Waals surface area contributed by atoms with Gasteiger partial charge in [-0.15, -0.1) is 0 Å². The highest BCUT2D eigenvalue weighted by molar-refractivity contribution is 5.94. The van der Waals surface area contributed by atoms with Gasteiger partial charge in [0.2, 0.25) is 5.91 Å². The predicted octanol–water partition coefficient (Wildman–Crippen LogP) is 1.68. The number of unbranched alkanes of at least 4 members (excludes halogenated alkanes) is 1. The third-order valence-electron chi connectivity index (χ3n) is 2.24. The number of nitrogens with two attached hydrogens (primary N) is 1. The molecular formula is C11H16FN3O. The smallest absolute Gasteiger partial charge is 0.241 e. The maximum atomic E-state index is 13.1. The Hall–Kier alpha value is -1.49. The van der Waals surface area contributed by atoms with Crippen molar-refractivity contribution in [3.8, 4) is 0 Å². The maximum absolute atomic E-state index is 13.1. The van der Waals surface area contributed by atoms with Crippen LogP contribution >= 0.6 is 0 Å². The van der Waals surface area contributed by atoms with E-state index < -0.39 is 11.9 Å². The van der Waals surface area contributed by atoms with Crippen molar-refractivity contribution in [2.75, 3.05) is 5.32 Å². The van der Waals surface area contributed by atoms with E-state index in [1.54, 1.807) is 0 Å². The zero-order chi connectivity index (χ0) is 12.0. The van der Waals surface area contributed by atoms with Crippen LogP contribution in [0.25, 0.3) is 0 Å². The molecule has 0 saturated heterocycles. The minimum Gasteiger partial charge on any atom is -0.322 e. The van der Waals surface area contributed by atoms with Crippen molar-refractivity contribution in [3.63, 3.8) is 0 Å². The monoisotopic (exact) mass is 225 g/mol. The topological polar surface area (TPSA) is 68.0 Å². The van der Waals surface area contributed by atoms with Crippen LogP contribution in [-0.4, -0.2) is 16.9 Å². The molecule has 1 atom stereocenters. The average molecular weight is 225 g/mol. The molecule has 4 nitrogen and oxygen atoms in total. The third kappa shape index (κ3) is 3.58. The summed E-state index contributed by atoms with van der Waals surface area (Å²) in [7, 11) is 0. The second kappa shape index (κ2) is 6.17. The molecule has 1 heterocycles. The van der Waals surface area contributed by atoms with Crippen LogP contribution in [0.2, 0.25) is 0 Å². The van der Waals surface area contributed by atoms with Crippen LogP contribution in [0, 0.1) is 5.82 Å². The highest BCUT2D eigenvalue weighted by atomic mass is 19.1. The summed E-state index contributed by atoms with van der Waals surface area (Å²) in [5, 5.41) is 2.44. The summed E-state index contributed by atoms with van der Waals surface area (Å²) < 4.78 is 13.1. The van der Waals surface area contributed by atoms with Gasteiger partial charge in [0.25, 0.3) is 0 Å². The Morgan fingerprint density at radius 2 is 2.44 bits per heavy atom. The Bertz CT molecular complexity index is 357. The number of carbonyl (C=O) groups excluding carboxylic acids is 1. The van der Waals surface area contributed by atoms with E-state index in [0.717, 1.165) is 19.0 Å². The minimum absolute atomic E-state index is 0.118. The summed E-state index contributed by atoms with van der Waals surface area (Å²) >= 11 is 0. The highest BCUT2D eigenvalue weighted by Crippen LogP contribution is 2.11. The zero-order valence-electron chi connectivity index (χ0n) is 9.24. The molecule has 1 amide bonds. The van der Waals surface area contributed by atoms with Crippen molar-refractivity contribution >= 4 is 11.6 Å². The third-order valence-corrected chi connectivity index (χ3v) is 2.24. The van der Waals surface area contributed by atoms with Crippen LogP contribution in [0.1, 0.15) is 26.2 Å². The normalized spacial score (nSPS) is 12.2. The van der Waals surface area contributed by atoms with Gasteiger partial charge in [-0.3, -0.25) is 9.78 Å². The molecule has 1 aromatic rings. The first-order valence-electron chi connectivity index (χ1n) is 5.31. The molecular weight excluding hydrogens is 209 g/mol. The molecule has 5 heteroatoms. The van der Waals surface area contributed by atoms with E-state index in [1.807, 2.05) is 6.92 Å². The Morgan fingerprint density at radius 1 is 1.69 bits per heavy atom. The first-order chi connectivity index (χ1) is 7.65. The quantitative estimate of drug-likeness (QED) is 0.801. The van der Waals surface area contributed by atoms with Gasteiger partial charge in [0.15, 0.2) is 5.82 Å². The Morgan fingerprint density at radius 3 is 3.06 bits per heavy atom. The Labute approximate surface area is 94.1 Å². The summed E-state index contributed by atoms with van der Waals surface area (Å²) in [5.74, 6) is -0.919. The van der Waals surface area contributed by atoms with Crippen molar-refractivity contribution in [3.05, 3.63) is 24.3 Å². The first kappa shape index (κ1) is 12.6. The molecule has 0 fully saturated rings. The number of rotatable bonds is 5. The molecule has 0 aromatic carbocycles. The van der Waals surface area contributed by atoms with Gasteiger partial charge >= 0.3 is 0 Å². The summed E-state index contributed by atoms with van der Waals surface area (Å²) in [6, 6.07) is 0.812. The SMILES string of the molecule is CCCCC(N)C(=O)Nc1ccncc1F. The van der Waals surface area contributed by atoms with Gasteiger partial charge in [0, 0.05) is 6.20 Å². The number of nitrogens with zero attached hydrogens (tertiary/aromatic N) is 1. The Kier molecular flexibility index (Phi) is 4.85. The molecule has 88 valence electrons. The minimum atomic E-state index is -0.590. The van der Waals surface area contributed by atoms with E-state index in [2.05, 4.69) is 10.3 Å².